The fourth-order valence-electron chi connectivity index (χ4n) is 2.03. The van der Waals surface area contributed by atoms with Crippen LogP contribution < -0.4 is 0 Å². The maximum absolute atomic E-state index is 5.33. The fourth-order valence-corrected chi connectivity index (χ4v) is 2.03. The topological polar surface area (TPSA) is 67.6 Å². The van der Waals surface area contributed by atoms with E-state index in [1.165, 1.54) is 0 Å². The summed E-state index contributed by atoms with van der Waals surface area (Å²) in [6.07, 6.45) is 4.97. The van der Waals surface area contributed by atoms with Crippen molar-refractivity contribution in [2.75, 3.05) is 0 Å². The molecule has 0 radical (unpaired) electrons. The van der Waals surface area contributed by atoms with Gasteiger partial charge in [-0.15, -0.1) is 0 Å². The Hall–Kier alpha value is -2.69. The number of rotatable bonds is 1. The van der Waals surface area contributed by atoms with Crippen LogP contribution in [0.5, 0.6) is 0 Å². The van der Waals surface area contributed by atoms with Crippen molar-refractivity contribution in [3.63, 3.8) is 0 Å². The van der Waals surface area contributed by atoms with Gasteiger partial charge in [-0.05, 0) is 24.3 Å². The third kappa shape index (κ3) is 1.24. The second kappa shape index (κ2) is 3.40. The largest absolute Gasteiger partial charge is 0.461 e. The molecule has 0 spiro atoms. The Morgan fingerprint density at radius 2 is 1.94 bits per heavy atom. The number of fused-ring (bicyclic) bond motifs is 3. The number of imidazole rings is 1. The minimum absolute atomic E-state index is 0.702. The first-order chi connectivity index (χ1) is 8.92. The molecule has 0 fully saturated rings. The van der Waals surface area contributed by atoms with Gasteiger partial charge in [-0.1, -0.05) is 0 Å². The summed E-state index contributed by atoms with van der Waals surface area (Å²) in [4.78, 5) is 16.3. The molecule has 1 aromatic carbocycles. The maximum atomic E-state index is 5.33. The van der Waals surface area contributed by atoms with Crippen molar-refractivity contribution in [1.82, 2.24) is 19.9 Å². The number of H-pyrrole nitrogens is 1. The highest BCUT2D eigenvalue weighted by Gasteiger charge is 2.10. The SMILES string of the molecule is c1coc(-c2nc3c(ccc4nccnc43)[nH]2)c1. The quantitative estimate of drug-likeness (QED) is 0.551. The molecule has 0 unspecified atom stereocenters. The molecule has 0 atom stereocenters. The standard InChI is InChI=1S/C13H8N4O/c1-2-10(18-7-1)13-16-9-4-3-8-11(12(9)17-13)15-6-5-14-8/h1-7H,(H,16,17). The lowest BCUT2D eigenvalue weighted by atomic mass is 10.2. The van der Waals surface area contributed by atoms with Gasteiger partial charge in [0.15, 0.2) is 11.6 Å². The van der Waals surface area contributed by atoms with Gasteiger partial charge in [0.25, 0.3) is 0 Å². The Kier molecular flexibility index (Phi) is 1.77. The summed E-state index contributed by atoms with van der Waals surface area (Å²) in [7, 11) is 0. The Morgan fingerprint density at radius 1 is 1.00 bits per heavy atom. The summed E-state index contributed by atoms with van der Waals surface area (Å²) in [6.45, 7) is 0. The molecule has 0 bridgehead atoms. The molecule has 0 aliphatic heterocycles. The molecule has 0 saturated heterocycles. The Morgan fingerprint density at radius 3 is 2.83 bits per heavy atom. The van der Waals surface area contributed by atoms with Crippen molar-refractivity contribution in [2.45, 2.75) is 0 Å². The average molecular weight is 236 g/mol. The van der Waals surface area contributed by atoms with Crippen molar-refractivity contribution in [3.8, 4) is 11.6 Å². The molecule has 4 aromatic rings. The van der Waals surface area contributed by atoms with Crippen LogP contribution >= 0.6 is 0 Å². The highest BCUT2D eigenvalue weighted by molar-refractivity contribution is 6.00. The van der Waals surface area contributed by atoms with Crippen LogP contribution in [0.2, 0.25) is 0 Å². The van der Waals surface area contributed by atoms with Crippen LogP contribution in [-0.4, -0.2) is 19.9 Å². The number of aromatic nitrogens is 4. The summed E-state index contributed by atoms with van der Waals surface area (Å²) in [5, 5.41) is 0. The first-order valence-corrected chi connectivity index (χ1v) is 5.55. The summed E-state index contributed by atoms with van der Waals surface area (Å²) < 4.78 is 5.33. The van der Waals surface area contributed by atoms with Crippen molar-refractivity contribution in [1.29, 1.82) is 0 Å². The van der Waals surface area contributed by atoms with E-state index in [1.807, 2.05) is 24.3 Å². The lowest BCUT2D eigenvalue weighted by Crippen LogP contribution is -1.83. The molecule has 1 N–H and O–H groups in total. The van der Waals surface area contributed by atoms with Gasteiger partial charge in [0.05, 0.1) is 17.3 Å². The molecule has 3 aromatic heterocycles. The predicted octanol–water partition coefficient (Wildman–Crippen LogP) is 2.77. The normalized spacial score (nSPS) is 11.3. The molecule has 0 aliphatic rings. The maximum Gasteiger partial charge on any atom is 0.174 e. The third-order valence-corrected chi connectivity index (χ3v) is 2.85. The highest BCUT2D eigenvalue weighted by Crippen LogP contribution is 2.24. The number of nitrogens with one attached hydrogen (secondary N) is 1. The van der Waals surface area contributed by atoms with Crippen LogP contribution in [0.4, 0.5) is 0 Å². The minimum atomic E-state index is 0.702. The van der Waals surface area contributed by atoms with Crippen LogP contribution in [0.15, 0.2) is 47.3 Å². The number of furan rings is 1. The molecule has 0 amide bonds. The smallest absolute Gasteiger partial charge is 0.174 e. The highest BCUT2D eigenvalue weighted by atomic mass is 16.3. The lowest BCUT2D eigenvalue weighted by molar-refractivity contribution is 0.578. The molecule has 4 rings (SSSR count). The number of hydrogen-bond acceptors (Lipinski definition) is 4. The van der Waals surface area contributed by atoms with Crippen molar-refractivity contribution < 1.29 is 4.42 Å². The monoisotopic (exact) mass is 236 g/mol. The van der Waals surface area contributed by atoms with Crippen molar-refractivity contribution in [2.24, 2.45) is 0 Å². The molecule has 86 valence electrons. The zero-order valence-electron chi connectivity index (χ0n) is 9.29. The molecule has 18 heavy (non-hydrogen) atoms. The molecule has 0 saturated carbocycles. The summed E-state index contributed by atoms with van der Waals surface area (Å²) >= 11 is 0. The first kappa shape index (κ1) is 9.35. The van der Waals surface area contributed by atoms with E-state index in [2.05, 4.69) is 19.9 Å². The van der Waals surface area contributed by atoms with E-state index in [0.29, 0.717) is 11.6 Å². The average Bonchev–Trinajstić information content (AvgIpc) is 3.07. The second-order valence-corrected chi connectivity index (χ2v) is 3.95. The predicted molar refractivity (Wildman–Crippen MR) is 66.9 cm³/mol. The molecule has 3 heterocycles. The molecular weight excluding hydrogens is 228 g/mol. The van der Waals surface area contributed by atoms with Crippen LogP contribution in [0.3, 0.4) is 0 Å². The zero-order chi connectivity index (χ0) is 11.9. The van der Waals surface area contributed by atoms with Gasteiger partial charge in [0.2, 0.25) is 0 Å². The zero-order valence-corrected chi connectivity index (χ0v) is 9.29. The second-order valence-electron chi connectivity index (χ2n) is 3.95. The van der Waals surface area contributed by atoms with E-state index >= 15 is 0 Å². The van der Waals surface area contributed by atoms with Crippen molar-refractivity contribution >= 4 is 22.1 Å². The Bertz CT molecular complexity index is 833. The van der Waals surface area contributed by atoms with Crippen LogP contribution in [0, 0.1) is 0 Å². The summed E-state index contributed by atoms with van der Waals surface area (Å²) in [5.41, 5.74) is 3.37. The van der Waals surface area contributed by atoms with Crippen LogP contribution in [0.1, 0.15) is 0 Å². The van der Waals surface area contributed by atoms with E-state index in [9.17, 15) is 0 Å². The Labute approximate surface area is 102 Å². The Balaban J connectivity index is 2.08. The van der Waals surface area contributed by atoms with Gasteiger partial charge in [-0.2, -0.15) is 0 Å². The van der Waals surface area contributed by atoms with Gasteiger partial charge in [0, 0.05) is 12.4 Å². The summed E-state index contributed by atoms with van der Waals surface area (Å²) in [5.74, 6) is 1.41. The third-order valence-electron chi connectivity index (χ3n) is 2.85. The number of hydrogen-bond donors (Lipinski definition) is 1. The molecule has 5 nitrogen and oxygen atoms in total. The molecule has 5 heteroatoms. The van der Waals surface area contributed by atoms with Crippen LogP contribution in [0.25, 0.3) is 33.7 Å². The van der Waals surface area contributed by atoms with Crippen LogP contribution in [-0.2, 0) is 0 Å². The minimum Gasteiger partial charge on any atom is -0.461 e. The van der Waals surface area contributed by atoms with E-state index in [1.54, 1.807) is 18.7 Å². The van der Waals surface area contributed by atoms with Gasteiger partial charge >= 0.3 is 0 Å². The van der Waals surface area contributed by atoms with E-state index in [-0.39, 0.29) is 0 Å². The van der Waals surface area contributed by atoms with E-state index < -0.39 is 0 Å². The van der Waals surface area contributed by atoms with Gasteiger partial charge in [-0.3, -0.25) is 9.97 Å². The number of aromatic amines is 1. The summed E-state index contributed by atoms with van der Waals surface area (Å²) in [6, 6.07) is 7.58. The van der Waals surface area contributed by atoms with Gasteiger partial charge < -0.3 is 9.40 Å². The van der Waals surface area contributed by atoms with Gasteiger partial charge in [-0.25, -0.2) is 4.98 Å². The molecular formula is C13H8N4O. The van der Waals surface area contributed by atoms with E-state index in [0.717, 1.165) is 22.1 Å². The number of benzene rings is 1. The fraction of sp³-hybridized carbons (Fsp3) is 0. The van der Waals surface area contributed by atoms with E-state index in [4.69, 9.17) is 4.42 Å². The molecule has 0 aliphatic carbocycles. The number of nitrogens with zero attached hydrogens (tertiary/aromatic N) is 3. The first-order valence-electron chi connectivity index (χ1n) is 5.55. The van der Waals surface area contributed by atoms with Gasteiger partial charge in [0.1, 0.15) is 11.0 Å². The lowest BCUT2D eigenvalue weighted by Gasteiger charge is -1.94. The van der Waals surface area contributed by atoms with Crippen molar-refractivity contribution in [3.05, 3.63) is 42.9 Å².